The Hall–Kier alpha value is -2.72. The average Bonchev–Trinajstić information content (AvgIpc) is 2.55. The van der Waals surface area contributed by atoms with Gasteiger partial charge in [0.05, 0.1) is 0 Å². The van der Waals surface area contributed by atoms with Crippen LogP contribution >= 0.6 is 0 Å². The number of hydrogen-bond donors (Lipinski definition) is 2. The molecular weight excluding hydrogens is 340 g/mol. The van der Waals surface area contributed by atoms with E-state index in [1.165, 1.54) is 6.08 Å². The summed E-state index contributed by atoms with van der Waals surface area (Å²) >= 11 is 0. The number of aryl methyl sites for hydroxylation is 1. The normalized spacial score (nSPS) is 23.1. The Morgan fingerprint density at radius 3 is 2.37 bits per heavy atom. The van der Waals surface area contributed by atoms with Gasteiger partial charge in [-0.2, -0.15) is 0 Å². The van der Waals surface area contributed by atoms with Gasteiger partial charge in [-0.3, -0.25) is 4.79 Å². The maximum Gasteiger partial charge on any atom is 0.328 e. The van der Waals surface area contributed by atoms with Crippen LogP contribution in [-0.4, -0.2) is 27.6 Å². The molecule has 0 saturated carbocycles. The molecule has 4 nitrogen and oxygen atoms in total. The number of hydrogen-bond acceptors (Lipinski definition) is 3. The van der Waals surface area contributed by atoms with E-state index >= 15 is 0 Å². The number of allylic oxidation sites excluding steroid dienone is 3. The number of aliphatic carboxylic acids is 1. The molecule has 2 rings (SSSR count). The molecule has 0 fully saturated rings. The molecule has 0 bridgehead atoms. The first-order chi connectivity index (χ1) is 12.5. The third-order valence-electron chi connectivity index (χ3n) is 4.88. The molecule has 4 heteroatoms. The molecule has 0 aromatic heterocycles. The molecule has 0 amide bonds. The van der Waals surface area contributed by atoms with Crippen LogP contribution in [0.5, 0.6) is 0 Å². The van der Waals surface area contributed by atoms with Crippen molar-refractivity contribution in [1.29, 1.82) is 0 Å². The molecule has 1 aliphatic carbocycles. The fourth-order valence-electron chi connectivity index (χ4n) is 3.15. The van der Waals surface area contributed by atoms with Gasteiger partial charge in [-0.05, 0) is 42.7 Å². The fourth-order valence-corrected chi connectivity index (χ4v) is 3.15. The van der Waals surface area contributed by atoms with Crippen LogP contribution in [0.25, 0.3) is 6.08 Å². The summed E-state index contributed by atoms with van der Waals surface area (Å²) < 4.78 is 0. The van der Waals surface area contributed by atoms with Crippen molar-refractivity contribution < 1.29 is 19.8 Å². The Bertz CT molecular complexity index is 851. The summed E-state index contributed by atoms with van der Waals surface area (Å²) in [6.45, 7) is 7.33. The highest BCUT2D eigenvalue weighted by Crippen LogP contribution is 2.45. The van der Waals surface area contributed by atoms with Crippen LogP contribution in [0.2, 0.25) is 0 Å². The van der Waals surface area contributed by atoms with Crippen LogP contribution in [0.3, 0.4) is 0 Å². The Morgan fingerprint density at radius 2 is 1.78 bits per heavy atom. The molecule has 0 aliphatic heterocycles. The second kappa shape index (κ2) is 7.89. The molecule has 0 spiro atoms. The predicted octanol–water partition coefficient (Wildman–Crippen LogP) is 4.25. The maximum absolute atomic E-state index is 12.2. The third-order valence-corrected chi connectivity index (χ3v) is 4.88. The molecule has 27 heavy (non-hydrogen) atoms. The van der Waals surface area contributed by atoms with Gasteiger partial charge in [-0.25, -0.2) is 4.79 Å². The zero-order valence-electron chi connectivity index (χ0n) is 16.2. The largest absolute Gasteiger partial charge is 0.478 e. The van der Waals surface area contributed by atoms with E-state index < -0.39 is 17.0 Å². The number of carboxylic acid groups (broad SMARTS) is 1. The Balaban J connectivity index is 2.44. The number of carbonyl (C=O) groups excluding carboxylic acids is 1. The molecule has 142 valence electrons. The zero-order valence-corrected chi connectivity index (χ0v) is 16.2. The summed E-state index contributed by atoms with van der Waals surface area (Å²) in [4.78, 5) is 23.0. The van der Waals surface area contributed by atoms with Gasteiger partial charge in [0.1, 0.15) is 5.60 Å². The van der Waals surface area contributed by atoms with Crippen LogP contribution in [0.1, 0.15) is 38.3 Å². The van der Waals surface area contributed by atoms with Crippen molar-refractivity contribution >= 4 is 17.8 Å². The quantitative estimate of drug-likeness (QED) is 0.603. The smallest absolute Gasteiger partial charge is 0.328 e. The lowest BCUT2D eigenvalue weighted by molar-refractivity contribution is -0.131. The summed E-state index contributed by atoms with van der Waals surface area (Å²) in [6, 6.07) is 7.93. The van der Waals surface area contributed by atoms with Crippen molar-refractivity contribution in [2.45, 2.75) is 39.7 Å². The molecule has 1 aromatic rings. The molecule has 2 N–H and O–H groups in total. The van der Waals surface area contributed by atoms with Crippen LogP contribution in [0.15, 0.2) is 65.8 Å². The summed E-state index contributed by atoms with van der Waals surface area (Å²) in [6.07, 6.45) is 9.53. The topological polar surface area (TPSA) is 74.6 Å². The molecule has 1 atom stereocenters. The summed E-state index contributed by atoms with van der Waals surface area (Å²) in [5, 5.41) is 20.3. The highest BCUT2D eigenvalue weighted by atomic mass is 16.4. The SMILES string of the molecule is CC(=C/C(=O)O)/C=C/[C@@]1(O)C(/C=C/c2ccc(C)cc2)=CC(=O)CC1(C)C. The Kier molecular flexibility index (Phi) is 6.01. The number of ketones is 1. The lowest BCUT2D eigenvalue weighted by Crippen LogP contribution is -2.48. The number of carbonyl (C=O) groups is 2. The van der Waals surface area contributed by atoms with Crippen molar-refractivity contribution in [3.05, 3.63) is 76.9 Å². The molecule has 1 aromatic carbocycles. The van der Waals surface area contributed by atoms with Gasteiger partial charge in [0, 0.05) is 17.9 Å². The van der Waals surface area contributed by atoms with Crippen molar-refractivity contribution in [2.75, 3.05) is 0 Å². The first-order valence-electron chi connectivity index (χ1n) is 8.86. The van der Waals surface area contributed by atoms with Gasteiger partial charge < -0.3 is 10.2 Å². The van der Waals surface area contributed by atoms with E-state index in [4.69, 9.17) is 5.11 Å². The highest BCUT2D eigenvalue weighted by molar-refractivity contribution is 5.94. The van der Waals surface area contributed by atoms with Gasteiger partial charge in [0.2, 0.25) is 0 Å². The molecule has 1 aliphatic rings. The van der Waals surface area contributed by atoms with Crippen molar-refractivity contribution in [2.24, 2.45) is 5.41 Å². The number of aliphatic hydroxyl groups is 1. The first kappa shape index (κ1) is 20.6. The van der Waals surface area contributed by atoms with E-state index in [9.17, 15) is 14.7 Å². The molecule has 0 radical (unpaired) electrons. The van der Waals surface area contributed by atoms with Gasteiger partial charge in [0.15, 0.2) is 5.78 Å². The molecular formula is C23H26O4. The minimum atomic E-state index is -1.39. The van der Waals surface area contributed by atoms with Gasteiger partial charge in [-0.1, -0.05) is 61.9 Å². The Labute approximate surface area is 160 Å². The van der Waals surface area contributed by atoms with E-state index in [-0.39, 0.29) is 12.2 Å². The van der Waals surface area contributed by atoms with Gasteiger partial charge >= 0.3 is 5.97 Å². The first-order valence-corrected chi connectivity index (χ1v) is 8.86. The lowest BCUT2D eigenvalue weighted by Gasteiger charge is -2.44. The van der Waals surface area contributed by atoms with Crippen LogP contribution in [-0.2, 0) is 9.59 Å². The van der Waals surface area contributed by atoms with Crippen molar-refractivity contribution in [1.82, 2.24) is 0 Å². The van der Waals surface area contributed by atoms with Gasteiger partial charge in [0.25, 0.3) is 0 Å². The average molecular weight is 366 g/mol. The standard InChI is InChI=1S/C23H26O4/c1-16-5-7-18(8-6-16)9-10-19-14-20(24)15-22(3,4)23(19,27)12-11-17(2)13-21(25)26/h5-14,27H,15H2,1-4H3,(H,25,26)/b10-9+,12-11+,17-13-/t23-/m1/s1. The fraction of sp³-hybridized carbons (Fsp3) is 0.304. The van der Waals surface area contributed by atoms with E-state index in [1.807, 2.05) is 51.1 Å². The van der Waals surface area contributed by atoms with Crippen LogP contribution in [0, 0.1) is 12.3 Å². The monoisotopic (exact) mass is 366 g/mol. The summed E-state index contributed by atoms with van der Waals surface area (Å²) in [7, 11) is 0. The van der Waals surface area contributed by atoms with Crippen molar-refractivity contribution in [3.63, 3.8) is 0 Å². The van der Waals surface area contributed by atoms with E-state index in [2.05, 4.69) is 0 Å². The Morgan fingerprint density at radius 1 is 1.15 bits per heavy atom. The second-order valence-corrected chi connectivity index (χ2v) is 7.70. The van der Waals surface area contributed by atoms with Crippen LogP contribution in [0.4, 0.5) is 0 Å². The third kappa shape index (κ3) is 4.92. The molecule has 0 saturated heterocycles. The number of carboxylic acids is 1. The molecule has 0 heterocycles. The minimum absolute atomic E-state index is 0.0422. The molecule has 0 unspecified atom stereocenters. The van der Waals surface area contributed by atoms with Crippen molar-refractivity contribution in [3.8, 4) is 0 Å². The summed E-state index contributed by atoms with van der Waals surface area (Å²) in [5.41, 5.74) is 0.988. The van der Waals surface area contributed by atoms with Gasteiger partial charge in [-0.15, -0.1) is 0 Å². The zero-order chi connectivity index (χ0) is 20.2. The van der Waals surface area contributed by atoms with E-state index in [0.29, 0.717) is 11.1 Å². The van der Waals surface area contributed by atoms with E-state index in [1.54, 1.807) is 25.2 Å². The minimum Gasteiger partial charge on any atom is -0.478 e. The van der Waals surface area contributed by atoms with E-state index in [0.717, 1.165) is 17.2 Å². The number of rotatable bonds is 5. The number of benzene rings is 1. The summed E-state index contributed by atoms with van der Waals surface area (Å²) in [5.74, 6) is -1.09. The highest BCUT2D eigenvalue weighted by Gasteiger charge is 2.47. The predicted molar refractivity (Wildman–Crippen MR) is 107 cm³/mol. The second-order valence-electron chi connectivity index (χ2n) is 7.70. The van der Waals surface area contributed by atoms with Crippen LogP contribution < -0.4 is 0 Å². The lowest BCUT2D eigenvalue weighted by atomic mass is 9.64. The maximum atomic E-state index is 12.2.